The molecule has 5 nitrogen and oxygen atoms in total. The van der Waals surface area contributed by atoms with Crippen molar-refractivity contribution in [2.75, 3.05) is 40.3 Å². The average Bonchev–Trinajstić information content (AvgIpc) is 3.37. The second-order valence-electron chi connectivity index (χ2n) is 9.14. The molecule has 1 heterocycles. The Morgan fingerprint density at radius 3 is 1.93 bits per heavy atom. The van der Waals surface area contributed by atoms with Gasteiger partial charge in [0.15, 0.2) is 0 Å². The molecule has 1 unspecified atom stereocenters. The van der Waals surface area contributed by atoms with Crippen LogP contribution in [0.5, 0.6) is 0 Å². The van der Waals surface area contributed by atoms with Crippen molar-refractivity contribution in [1.29, 1.82) is 0 Å². The van der Waals surface area contributed by atoms with E-state index in [-0.39, 0.29) is 24.2 Å². The van der Waals surface area contributed by atoms with Gasteiger partial charge in [0.2, 0.25) is 11.8 Å². The molecule has 1 saturated heterocycles. The minimum absolute atomic E-state index is 0. The molecule has 0 bridgehead atoms. The quantitative estimate of drug-likeness (QED) is 0.715. The van der Waals surface area contributed by atoms with Gasteiger partial charge in [-0.3, -0.25) is 9.59 Å². The van der Waals surface area contributed by atoms with Gasteiger partial charge >= 0.3 is 0 Å². The zero-order valence-corrected chi connectivity index (χ0v) is 18.0. The van der Waals surface area contributed by atoms with Crippen LogP contribution in [0.1, 0.15) is 64.2 Å². The fourth-order valence-corrected chi connectivity index (χ4v) is 5.33. The molecule has 0 spiro atoms. The molecule has 156 valence electrons. The van der Waals surface area contributed by atoms with Crippen LogP contribution in [-0.2, 0) is 9.59 Å². The number of nitrogens with zero attached hydrogens (tertiary/aromatic N) is 2. The van der Waals surface area contributed by atoms with Crippen LogP contribution in [-0.4, -0.2) is 61.9 Å². The molecule has 1 aliphatic heterocycles. The van der Waals surface area contributed by atoms with Crippen molar-refractivity contribution in [1.82, 2.24) is 15.1 Å². The van der Waals surface area contributed by atoms with Crippen LogP contribution in [0.25, 0.3) is 0 Å². The summed E-state index contributed by atoms with van der Waals surface area (Å²) in [5.74, 6) is 1.62. The van der Waals surface area contributed by atoms with Gasteiger partial charge in [-0.25, -0.2) is 0 Å². The van der Waals surface area contributed by atoms with Gasteiger partial charge in [0.1, 0.15) is 0 Å². The van der Waals surface area contributed by atoms with Crippen molar-refractivity contribution in [3.8, 4) is 0 Å². The highest BCUT2D eigenvalue weighted by atomic mass is 35.5. The van der Waals surface area contributed by atoms with E-state index in [1.165, 1.54) is 51.4 Å². The van der Waals surface area contributed by atoms with Crippen LogP contribution in [0.15, 0.2) is 0 Å². The summed E-state index contributed by atoms with van der Waals surface area (Å²) < 4.78 is 0. The average molecular weight is 400 g/mol. The van der Waals surface area contributed by atoms with Crippen molar-refractivity contribution in [3.63, 3.8) is 0 Å². The summed E-state index contributed by atoms with van der Waals surface area (Å²) in [5.41, 5.74) is -0.533. The maximum atomic E-state index is 13.3. The van der Waals surface area contributed by atoms with Gasteiger partial charge in [-0.2, -0.15) is 0 Å². The summed E-state index contributed by atoms with van der Waals surface area (Å²) >= 11 is 0. The first kappa shape index (κ1) is 22.5. The lowest BCUT2D eigenvalue weighted by molar-refractivity contribution is -0.146. The summed E-state index contributed by atoms with van der Waals surface area (Å²) in [6.07, 6.45) is 11.3. The molecule has 1 atom stereocenters. The molecule has 3 fully saturated rings. The summed E-state index contributed by atoms with van der Waals surface area (Å²) in [7, 11) is 3.86. The van der Waals surface area contributed by atoms with E-state index in [1.54, 1.807) is 0 Å². The fraction of sp³-hybridized carbons (Fsp3) is 0.905. The molecule has 3 rings (SSSR count). The first-order chi connectivity index (χ1) is 12.5. The SMILES string of the molecule is CN(CC1CCCC1)C(=O)CC1(C(=O)N(C)CC2CCCC2)CCNC1.Cl. The normalized spacial score (nSPS) is 26.1. The first-order valence-corrected chi connectivity index (χ1v) is 10.7. The number of carbonyl (C=O) groups is 2. The lowest BCUT2D eigenvalue weighted by Gasteiger charge is -2.34. The largest absolute Gasteiger partial charge is 0.345 e. The Hall–Kier alpha value is -0.810. The van der Waals surface area contributed by atoms with Crippen molar-refractivity contribution in [3.05, 3.63) is 0 Å². The van der Waals surface area contributed by atoms with Gasteiger partial charge in [0.25, 0.3) is 0 Å². The third kappa shape index (κ3) is 5.60. The fourth-order valence-electron chi connectivity index (χ4n) is 5.33. The third-order valence-electron chi connectivity index (χ3n) is 6.97. The molecule has 0 radical (unpaired) electrons. The lowest BCUT2D eigenvalue weighted by Crippen LogP contribution is -2.48. The molecule has 0 aromatic carbocycles. The van der Waals surface area contributed by atoms with E-state index in [4.69, 9.17) is 0 Å². The predicted molar refractivity (Wildman–Crippen MR) is 111 cm³/mol. The van der Waals surface area contributed by atoms with Crippen molar-refractivity contribution in [2.45, 2.75) is 64.2 Å². The van der Waals surface area contributed by atoms with Crippen molar-refractivity contribution in [2.24, 2.45) is 17.3 Å². The Morgan fingerprint density at radius 1 is 0.926 bits per heavy atom. The minimum atomic E-state index is -0.533. The maximum Gasteiger partial charge on any atom is 0.230 e. The Kier molecular flexibility index (Phi) is 8.41. The second kappa shape index (κ2) is 10.1. The number of halogens is 1. The predicted octanol–water partition coefficient (Wildman–Crippen LogP) is 3.08. The Balaban J connectivity index is 0.00000261. The molecule has 2 aliphatic carbocycles. The molecule has 2 amide bonds. The van der Waals surface area contributed by atoms with Crippen LogP contribution in [0.3, 0.4) is 0 Å². The van der Waals surface area contributed by atoms with Crippen LogP contribution in [0.4, 0.5) is 0 Å². The molecule has 6 heteroatoms. The zero-order valence-electron chi connectivity index (χ0n) is 17.2. The number of carbonyl (C=O) groups excluding carboxylic acids is 2. The zero-order chi connectivity index (χ0) is 18.6. The second-order valence-corrected chi connectivity index (χ2v) is 9.14. The first-order valence-electron chi connectivity index (χ1n) is 10.7. The molecule has 3 aliphatic rings. The van der Waals surface area contributed by atoms with E-state index >= 15 is 0 Å². The van der Waals surface area contributed by atoms with Gasteiger partial charge in [-0.15, -0.1) is 12.4 Å². The smallest absolute Gasteiger partial charge is 0.230 e. The lowest BCUT2D eigenvalue weighted by atomic mass is 9.81. The van der Waals surface area contributed by atoms with Crippen LogP contribution < -0.4 is 5.32 Å². The summed E-state index contributed by atoms with van der Waals surface area (Å²) in [4.78, 5) is 30.0. The highest BCUT2D eigenvalue weighted by Gasteiger charge is 2.45. The van der Waals surface area contributed by atoms with Crippen molar-refractivity contribution < 1.29 is 9.59 Å². The van der Waals surface area contributed by atoms with E-state index in [1.807, 2.05) is 23.9 Å². The molecule has 27 heavy (non-hydrogen) atoms. The standard InChI is InChI=1S/C21H37N3O2.ClH/c1-23(14-17-7-3-4-8-17)19(25)13-21(11-12-22-16-21)20(26)24(2)15-18-9-5-6-10-18;/h17-18,22H,3-16H2,1-2H3;1H. The minimum Gasteiger partial charge on any atom is -0.345 e. The highest BCUT2D eigenvalue weighted by Crippen LogP contribution is 2.34. The van der Waals surface area contributed by atoms with E-state index in [0.717, 1.165) is 26.1 Å². The van der Waals surface area contributed by atoms with Gasteiger partial charge < -0.3 is 15.1 Å². The van der Waals surface area contributed by atoms with Gasteiger partial charge in [-0.05, 0) is 50.5 Å². The monoisotopic (exact) mass is 399 g/mol. The van der Waals surface area contributed by atoms with Crippen molar-refractivity contribution >= 4 is 24.2 Å². The van der Waals surface area contributed by atoms with Gasteiger partial charge in [0.05, 0.1) is 5.41 Å². The van der Waals surface area contributed by atoms with E-state index in [2.05, 4.69) is 5.32 Å². The van der Waals surface area contributed by atoms with Gasteiger partial charge in [-0.1, -0.05) is 25.7 Å². The van der Waals surface area contributed by atoms with E-state index < -0.39 is 5.41 Å². The topological polar surface area (TPSA) is 52.7 Å². The van der Waals surface area contributed by atoms with E-state index in [0.29, 0.717) is 24.8 Å². The highest BCUT2D eigenvalue weighted by molar-refractivity contribution is 5.89. The molecule has 2 saturated carbocycles. The number of rotatable bonds is 7. The number of nitrogens with one attached hydrogen (secondary N) is 1. The number of amides is 2. The number of hydrogen-bond acceptors (Lipinski definition) is 3. The molecular weight excluding hydrogens is 362 g/mol. The Bertz CT molecular complexity index is 496. The molecular formula is C21H38ClN3O2. The summed E-state index contributed by atoms with van der Waals surface area (Å²) in [5, 5.41) is 3.34. The molecule has 0 aromatic rings. The van der Waals surface area contributed by atoms with E-state index in [9.17, 15) is 9.59 Å². The Morgan fingerprint density at radius 2 is 1.44 bits per heavy atom. The Labute approximate surface area is 171 Å². The van der Waals surface area contributed by atoms with Crippen LogP contribution in [0.2, 0.25) is 0 Å². The summed E-state index contributed by atoms with van der Waals surface area (Å²) in [6, 6.07) is 0. The number of hydrogen-bond donors (Lipinski definition) is 1. The van der Waals surface area contributed by atoms with Gasteiger partial charge in [0, 0.05) is 40.2 Å². The van der Waals surface area contributed by atoms with Crippen LogP contribution in [0, 0.1) is 17.3 Å². The third-order valence-corrected chi connectivity index (χ3v) is 6.97. The molecule has 0 aromatic heterocycles. The van der Waals surface area contributed by atoms with Crippen LogP contribution >= 0.6 is 12.4 Å². The summed E-state index contributed by atoms with van der Waals surface area (Å²) in [6.45, 7) is 3.19. The molecule has 1 N–H and O–H groups in total. The maximum absolute atomic E-state index is 13.3.